The molecule has 7 heteroatoms. The van der Waals surface area contributed by atoms with Crippen LogP contribution >= 0.6 is 24.0 Å². The zero-order chi connectivity index (χ0) is 21.4. The van der Waals surface area contributed by atoms with E-state index < -0.39 is 0 Å². The molecule has 1 aromatic heterocycles. The molecule has 0 atom stereocenters. The highest BCUT2D eigenvalue weighted by Gasteiger charge is 2.14. The van der Waals surface area contributed by atoms with Gasteiger partial charge in [0, 0.05) is 39.0 Å². The largest absolute Gasteiger partial charge is 0.357 e. The SMILES string of the molecule is CCNC(=NCCc1nnc2n1CCCCC2)NCCc1ccc(C(C)(C)C)cc1.I. The molecule has 0 saturated carbocycles. The van der Waals surface area contributed by atoms with Crippen molar-refractivity contribution >= 4 is 29.9 Å². The van der Waals surface area contributed by atoms with Crippen molar-refractivity contribution in [2.75, 3.05) is 19.6 Å². The van der Waals surface area contributed by atoms with Crippen molar-refractivity contribution in [2.24, 2.45) is 4.99 Å². The molecular formula is C24H39IN6. The minimum absolute atomic E-state index is 0. The van der Waals surface area contributed by atoms with Crippen LogP contribution in [0.2, 0.25) is 0 Å². The lowest BCUT2D eigenvalue weighted by molar-refractivity contribution is 0.590. The van der Waals surface area contributed by atoms with Gasteiger partial charge in [-0.2, -0.15) is 0 Å². The fraction of sp³-hybridized carbons (Fsp3) is 0.625. The van der Waals surface area contributed by atoms with Crippen LogP contribution < -0.4 is 10.6 Å². The zero-order valence-electron chi connectivity index (χ0n) is 19.6. The van der Waals surface area contributed by atoms with Gasteiger partial charge in [-0.1, -0.05) is 51.5 Å². The van der Waals surface area contributed by atoms with Gasteiger partial charge in [0.2, 0.25) is 0 Å². The predicted octanol–water partition coefficient (Wildman–Crippen LogP) is 4.26. The van der Waals surface area contributed by atoms with Gasteiger partial charge in [-0.3, -0.25) is 4.99 Å². The van der Waals surface area contributed by atoms with E-state index in [1.165, 1.54) is 30.4 Å². The number of hydrogen-bond acceptors (Lipinski definition) is 3. The molecule has 0 amide bonds. The Morgan fingerprint density at radius 3 is 2.52 bits per heavy atom. The van der Waals surface area contributed by atoms with Crippen LogP contribution in [0.3, 0.4) is 0 Å². The molecule has 31 heavy (non-hydrogen) atoms. The lowest BCUT2D eigenvalue weighted by Crippen LogP contribution is -2.38. The molecule has 0 aliphatic carbocycles. The molecule has 6 nitrogen and oxygen atoms in total. The summed E-state index contributed by atoms with van der Waals surface area (Å²) in [5.74, 6) is 3.10. The predicted molar refractivity (Wildman–Crippen MR) is 140 cm³/mol. The van der Waals surface area contributed by atoms with Crippen LogP contribution in [-0.4, -0.2) is 40.4 Å². The third-order valence-corrected chi connectivity index (χ3v) is 5.66. The number of nitrogens with zero attached hydrogens (tertiary/aromatic N) is 4. The van der Waals surface area contributed by atoms with Gasteiger partial charge in [0.15, 0.2) is 5.96 Å². The first-order chi connectivity index (χ1) is 14.5. The number of aliphatic imine (C=N–C) groups is 1. The fourth-order valence-corrected chi connectivity index (χ4v) is 3.84. The van der Waals surface area contributed by atoms with Crippen LogP contribution in [-0.2, 0) is 31.2 Å². The summed E-state index contributed by atoms with van der Waals surface area (Å²) >= 11 is 0. The summed E-state index contributed by atoms with van der Waals surface area (Å²) in [5, 5.41) is 15.6. The maximum atomic E-state index is 4.75. The van der Waals surface area contributed by atoms with Gasteiger partial charge in [0.05, 0.1) is 0 Å². The van der Waals surface area contributed by atoms with E-state index in [4.69, 9.17) is 4.99 Å². The first-order valence-electron chi connectivity index (χ1n) is 11.5. The van der Waals surface area contributed by atoms with Crippen LogP contribution in [0.1, 0.15) is 69.7 Å². The van der Waals surface area contributed by atoms with Gasteiger partial charge < -0.3 is 15.2 Å². The molecule has 1 aliphatic heterocycles. The molecule has 0 saturated heterocycles. The molecule has 2 aromatic rings. The molecule has 172 valence electrons. The lowest BCUT2D eigenvalue weighted by Gasteiger charge is -2.19. The number of rotatable bonds is 7. The van der Waals surface area contributed by atoms with Crippen molar-refractivity contribution in [3.05, 3.63) is 47.0 Å². The average molecular weight is 539 g/mol. The number of aromatic nitrogens is 3. The third-order valence-electron chi connectivity index (χ3n) is 5.66. The van der Waals surface area contributed by atoms with E-state index in [0.717, 1.165) is 56.5 Å². The zero-order valence-corrected chi connectivity index (χ0v) is 21.9. The first kappa shape index (κ1) is 25.6. The Hall–Kier alpha value is -1.64. The van der Waals surface area contributed by atoms with Crippen molar-refractivity contribution in [1.82, 2.24) is 25.4 Å². The van der Waals surface area contributed by atoms with E-state index in [-0.39, 0.29) is 29.4 Å². The van der Waals surface area contributed by atoms with Crippen molar-refractivity contribution in [1.29, 1.82) is 0 Å². The van der Waals surface area contributed by atoms with Gasteiger partial charge >= 0.3 is 0 Å². The smallest absolute Gasteiger partial charge is 0.191 e. The topological polar surface area (TPSA) is 67.1 Å². The van der Waals surface area contributed by atoms with E-state index in [1.807, 2.05) is 0 Å². The number of benzene rings is 1. The summed E-state index contributed by atoms with van der Waals surface area (Å²) in [5.41, 5.74) is 2.92. The first-order valence-corrected chi connectivity index (χ1v) is 11.5. The van der Waals surface area contributed by atoms with Gasteiger partial charge in [0.25, 0.3) is 0 Å². The quantitative estimate of drug-likeness (QED) is 0.314. The molecule has 0 radical (unpaired) electrons. The van der Waals surface area contributed by atoms with E-state index >= 15 is 0 Å². The minimum atomic E-state index is 0. The minimum Gasteiger partial charge on any atom is -0.357 e. The highest BCUT2D eigenvalue weighted by molar-refractivity contribution is 14.0. The Kier molecular flexibility index (Phi) is 10.3. The Labute approximate surface area is 204 Å². The molecule has 2 heterocycles. The second-order valence-electron chi connectivity index (χ2n) is 9.13. The summed E-state index contributed by atoms with van der Waals surface area (Å²) < 4.78 is 2.31. The van der Waals surface area contributed by atoms with Crippen molar-refractivity contribution in [3.63, 3.8) is 0 Å². The van der Waals surface area contributed by atoms with E-state index in [0.29, 0.717) is 6.54 Å². The Bertz CT molecular complexity index is 820. The summed E-state index contributed by atoms with van der Waals surface area (Å²) in [4.78, 5) is 4.75. The van der Waals surface area contributed by atoms with E-state index in [1.54, 1.807) is 0 Å². The number of guanidine groups is 1. The number of aryl methyl sites for hydroxylation is 1. The third kappa shape index (κ3) is 7.77. The fourth-order valence-electron chi connectivity index (χ4n) is 3.84. The molecule has 2 N–H and O–H groups in total. The van der Waals surface area contributed by atoms with Gasteiger partial charge in [0.1, 0.15) is 11.6 Å². The monoisotopic (exact) mass is 538 g/mol. The van der Waals surface area contributed by atoms with Gasteiger partial charge in [-0.05, 0) is 42.7 Å². The Balaban J connectivity index is 0.00000341. The number of nitrogens with one attached hydrogen (secondary N) is 2. The molecule has 0 spiro atoms. The molecule has 1 aliphatic rings. The van der Waals surface area contributed by atoms with Crippen LogP contribution in [0.15, 0.2) is 29.3 Å². The molecule has 0 fully saturated rings. The second-order valence-corrected chi connectivity index (χ2v) is 9.13. The summed E-state index contributed by atoms with van der Waals surface area (Å²) in [6, 6.07) is 8.97. The van der Waals surface area contributed by atoms with Gasteiger partial charge in [-0.15, -0.1) is 34.2 Å². The van der Waals surface area contributed by atoms with Crippen LogP contribution in [0.5, 0.6) is 0 Å². The molecule has 0 unspecified atom stereocenters. The molecule has 1 aromatic carbocycles. The van der Waals surface area contributed by atoms with E-state index in [9.17, 15) is 0 Å². The number of hydrogen-bond donors (Lipinski definition) is 2. The maximum absolute atomic E-state index is 4.75. The van der Waals surface area contributed by atoms with Crippen LogP contribution in [0, 0.1) is 0 Å². The van der Waals surface area contributed by atoms with Crippen molar-refractivity contribution < 1.29 is 0 Å². The summed E-state index contributed by atoms with van der Waals surface area (Å²) in [6.45, 7) is 12.3. The summed E-state index contributed by atoms with van der Waals surface area (Å²) in [6.07, 6.45) is 6.60. The average Bonchev–Trinajstić information content (AvgIpc) is 2.94. The Morgan fingerprint density at radius 2 is 1.81 bits per heavy atom. The lowest BCUT2D eigenvalue weighted by atomic mass is 9.86. The highest BCUT2D eigenvalue weighted by atomic mass is 127. The Morgan fingerprint density at radius 1 is 1.03 bits per heavy atom. The van der Waals surface area contributed by atoms with Crippen molar-refractivity contribution in [2.45, 2.75) is 78.2 Å². The number of halogens is 1. The normalized spacial score (nSPS) is 14.4. The summed E-state index contributed by atoms with van der Waals surface area (Å²) in [7, 11) is 0. The van der Waals surface area contributed by atoms with Crippen molar-refractivity contribution in [3.8, 4) is 0 Å². The van der Waals surface area contributed by atoms with Crippen LogP contribution in [0.25, 0.3) is 0 Å². The maximum Gasteiger partial charge on any atom is 0.191 e. The van der Waals surface area contributed by atoms with Crippen LogP contribution in [0.4, 0.5) is 0 Å². The van der Waals surface area contributed by atoms with E-state index in [2.05, 4.69) is 77.4 Å². The van der Waals surface area contributed by atoms with Gasteiger partial charge in [-0.25, -0.2) is 0 Å². The number of fused-ring (bicyclic) bond motifs is 1. The molecule has 0 bridgehead atoms. The second kappa shape index (κ2) is 12.4. The molecule has 3 rings (SSSR count). The standard InChI is InChI=1S/C24H38N6.HI/c1-5-25-23(26-16-14-19-10-12-20(13-11-19)24(2,3)4)27-17-15-22-29-28-21-9-7-6-8-18-30(21)22;/h10-13H,5-9,14-18H2,1-4H3,(H2,25,26,27);1H. The molecular weight excluding hydrogens is 499 g/mol. The highest BCUT2D eigenvalue weighted by Crippen LogP contribution is 2.22.